The molecule has 3 rings (SSSR count). The fourth-order valence-electron chi connectivity index (χ4n) is 4.16. The Morgan fingerprint density at radius 2 is 1.90 bits per heavy atom. The van der Waals surface area contributed by atoms with Gasteiger partial charge < -0.3 is 15.0 Å². The van der Waals surface area contributed by atoms with E-state index in [0.29, 0.717) is 25.9 Å². The van der Waals surface area contributed by atoms with Gasteiger partial charge in [0.05, 0.1) is 19.1 Å². The number of hydrogen-bond acceptors (Lipinski definition) is 3. The van der Waals surface area contributed by atoms with Crippen LogP contribution in [-0.4, -0.2) is 36.9 Å². The minimum Gasteiger partial charge on any atom is -0.497 e. The maximum Gasteiger partial charge on any atom is 0.225 e. The first-order valence-corrected chi connectivity index (χ1v) is 10.3. The molecule has 1 aliphatic rings. The number of hydrogen-bond donors (Lipinski definition) is 1. The van der Waals surface area contributed by atoms with E-state index in [1.54, 1.807) is 7.11 Å². The molecule has 2 atom stereocenters. The molecule has 5 nitrogen and oxygen atoms in total. The first kappa shape index (κ1) is 20.9. The van der Waals surface area contributed by atoms with Gasteiger partial charge in [-0.1, -0.05) is 36.4 Å². The van der Waals surface area contributed by atoms with E-state index < -0.39 is 0 Å². The number of rotatable bonds is 7. The van der Waals surface area contributed by atoms with Gasteiger partial charge in [0.2, 0.25) is 11.8 Å². The maximum atomic E-state index is 13.1. The first-order valence-electron chi connectivity index (χ1n) is 10.3. The predicted molar refractivity (Wildman–Crippen MR) is 114 cm³/mol. The van der Waals surface area contributed by atoms with Crippen molar-refractivity contribution >= 4 is 11.8 Å². The van der Waals surface area contributed by atoms with Gasteiger partial charge in [-0.05, 0) is 55.5 Å². The normalized spacial score (nSPS) is 19.1. The molecule has 1 aliphatic heterocycles. The van der Waals surface area contributed by atoms with Crippen LogP contribution in [0.3, 0.4) is 0 Å². The molecule has 29 heavy (non-hydrogen) atoms. The molecule has 1 heterocycles. The SMILES string of the molecule is CCN1C(=O)CC[C@@H](C(=O)NCCc2ccccc2C)[C@@H]1c1ccc(OC)cc1. The highest BCUT2D eigenvalue weighted by atomic mass is 16.5. The summed E-state index contributed by atoms with van der Waals surface area (Å²) >= 11 is 0. The summed E-state index contributed by atoms with van der Waals surface area (Å²) in [6.45, 7) is 5.23. The molecule has 2 aromatic rings. The molecule has 0 aromatic heterocycles. The molecule has 2 aromatic carbocycles. The Morgan fingerprint density at radius 3 is 2.55 bits per heavy atom. The van der Waals surface area contributed by atoms with E-state index in [4.69, 9.17) is 4.74 Å². The number of carbonyl (C=O) groups excluding carboxylic acids is 2. The van der Waals surface area contributed by atoms with Gasteiger partial charge in [0.1, 0.15) is 5.75 Å². The Bertz CT molecular complexity index is 847. The van der Waals surface area contributed by atoms with E-state index in [0.717, 1.165) is 17.7 Å². The number of nitrogens with one attached hydrogen (secondary N) is 1. The number of carbonyl (C=O) groups is 2. The number of aryl methyl sites for hydroxylation is 1. The third-order valence-electron chi connectivity index (χ3n) is 5.80. The zero-order valence-corrected chi connectivity index (χ0v) is 17.5. The number of ether oxygens (including phenoxy) is 1. The van der Waals surface area contributed by atoms with Crippen LogP contribution in [0, 0.1) is 12.8 Å². The predicted octanol–water partition coefficient (Wildman–Crippen LogP) is 3.66. The molecule has 0 spiro atoms. The molecule has 0 bridgehead atoms. The van der Waals surface area contributed by atoms with Gasteiger partial charge in [-0.2, -0.15) is 0 Å². The summed E-state index contributed by atoms with van der Waals surface area (Å²) in [4.78, 5) is 27.4. The molecular weight excluding hydrogens is 364 g/mol. The summed E-state index contributed by atoms with van der Waals surface area (Å²) in [6, 6.07) is 15.7. The average Bonchev–Trinajstić information content (AvgIpc) is 2.74. The molecule has 1 saturated heterocycles. The monoisotopic (exact) mass is 394 g/mol. The van der Waals surface area contributed by atoms with E-state index in [2.05, 4.69) is 24.4 Å². The van der Waals surface area contributed by atoms with Gasteiger partial charge in [-0.15, -0.1) is 0 Å². The van der Waals surface area contributed by atoms with Crippen molar-refractivity contribution in [3.63, 3.8) is 0 Å². The van der Waals surface area contributed by atoms with Gasteiger partial charge in [0.15, 0.2) is 0 Å². The topological polar surface area (TPSA) is 58.6 Å². The molecule has 5 heteroatoms. The number of likely N-dealkylation sites (tertiary alicyclic amines) is 1. The third kappa shape index (κ3) is 4.78. The van der Waals surface area contributed by atoms with Crippen molar-refractivity contribution in [3.05, 3.63) is 65.2 Å². The Kier molecular flexibility index (Phi) is 6.91. The van der Waals surface area contributed by atoms with Crippen molar-refractivity contribution in [1.82, 2.24) is 10.2 Å². The van der Waals surface area contributed by atoms with Crippen molar-refractivity contribution in [1.29, 1.82) is 0 Å². The minimum atomic E-state index is -0.252. The highest BCUT2D eigenvalue weighted by Crippen LogP contribution is 2.37. The van der Waals surface area contributed by atoms with Gasteiger partial charge in [-0.3, -0.25) is 9.59 Å². The minimum absolute atomic E-state index is 0.0188. The van der Waals surface area contributed by atoms with Crippen molar-refractivity contribution < 1.29 is 14.3 Å². The van der Waals surface area contributed by atoms with Crippen LogP contribution < -0.4 is 10.1 Å². The zero-order valence-electron chi connectivity index (χ0n) is 17.5. The fourth-order valence-corrected chi connectivity index (χ4v) is 4.16. The van der Waals surface area contributed by atoms with Crippen LogP contribution in [0.25, 0.3) is 0 Å². The van der Waals surface area contributed by atoms with Crippen LogP contribution in [0.4, 0.5) is 0 Å². The van der Waals surface area contributed by atoms with Crippen molar-refractivity contribution in [3.8, 4) is 5.75 Å². The van der Waals surface area contributed by atoms with Crippen LogP contribution in [0.2, 0.25) is 0 Å². The summed E-state index contributed by atoms with van der Waals surface area (Å²) in [7, 11) is 1.63. The quantitative estimate of drug-likeness (QED) is 0.780. The molecule has 154 valence electrons. The largest absolute Gasteiger partial charge is 0.497 e. The second kappa shape index (κ2) is 9.59. The summed E-state index contributed by atoms with van der Waals surface area (Å²) in [5.74, 6) is 0.638. The molecule has 1 fully saturated rings. The first-order chi connectivity index (χ1) is 14.0. The van der Waals surface area contributed by atoms with Gasteiger partial charge in [0, 0.05) is 19.5 Å². The van der Waals surface area contributed by atoms with E-state index in [1.165, 1.54) is 11.1 Å². The van der Waals surface area contributed by atoms with E-state index in [1.807, 2.05) is 48.2 Å². The summed E-state index contributed by atoms with van der Waals surface area (Å²) < 4.78 is 5.25. The lowest BCUT2D eigenvalue weighted by Gasteiger charge is -2.40. The van der Waals surface area contributed by atoms with E-state index in [9.17, 15) is 9.59 Å². The molecule has 2 amide bonds. The lowest BCUT2D eigenvalue weighted by molar-refractivity contribution is -0.143. The summed E-state index contributed by atoms with van der Waals surface area (Å²) in [5.41, 5.74) is 3.45. The Balaban J connectivity index is 1.74. The highest BCUT2D eigenvalue weighted by Gasteiger charge is 2.39. The van der Waals surface area contributed by atoms with Crippen molar-refractivity contribution in [2.45, 2.75) is 39.2 Å². The second-order valence-corrected chi connectivity index (χ2v) is 7.51. The lowest BCUT2D eigenvalue weighted by Crippen LogP contribution is -2.48. The number of nitrogens with zero attached hydrogens (tertiary/aromatic N) is 1. The maximum absolute atomic E-state index is 13.1. The summed E-state index contributed by atoms with van der Waals surface area (Å²) in [5, 5.41) is 3.11. The molecule has 1 N–H and O–H groups in total. The summed E-state index contributed by atoms with van der Waals surface area (Å²) in [6.07, 6.45) is 1.79. The molecule has 0 saturated carbocycles. The van der Waals surface area contributed by atoms with Crippen LogP contribution >= 0.6 is 0 Å². The lowest BCUT2D eigenvalue weighted by atomic mass is 9.83. The standard InChI is InChI=1S/C24H30N2O3/c1-4-26-22(27)14-13-21(23(26)19-9-11-20(29-3)12-10-19)24(28)25-16-15-18-8-6-5-7-17(18)2/h5-12,21,23H,4,13-16H2,1-3H3,(H,25,28)/t21-,23+/m1/s1. The number of benzene rings is 2. The number of piperidine rings is 1. The van der Waals surface area contributed by atoms with Crippen molar-refractivity contribution in [2.24, 2.45) is 5.92 Å². The Morgan fingerprint density at radius 1 is 1.17 bits per heavy atom. The molecule has 0 radical (unpaired) electrons. The van der Waals surface area contributed by atoms with Crippen LogP contribution in [-0.2, 0) is 16.0 Å². The van der Waals surface area contributed by atoms with Crippen LogP contribution in [0.1, 0.15) is 42.5 Å². The Hall–Kier alpha value is -2.82. The highest BCUT2D eigenvalue weighted by molar-refractivity contribution is 5.85. The molecule has 0 unspecified atom stereocenters. The van der Waals surface area contributed by atoms with Gasteiger partial charge in [0.25, 0.3) is 0 Å². The fraction of sp³-hybridized carbons (Fsp3) is 0.417. The average molecular weight is 395 g/mol. The van der Waals surface area contributed by atoms with E-state index >= 15 is 0 Å². The molecular formula is C24H30N2O3. The number of amides is 2. The van der Waals surface area contributed by atoms with Crippen molar-refractivity contribution in [2.75, 3.05) is 20.2 Å². The number of methoxy groups -OCH3 is 1. The van der Waals surface area contributed by atoms with Crippen LogP contribution in [0.15, 0.2) is 48.5 Å². The smallest absolute Gasteiger partial charge is 0.225 e. The Labute approximate surface area is 173 Å². The van der Waals surface area contributed by atoms with E-state index in [-0.39, 0.29) is 23.8 Å². The second-order valence-electron chi connectivity index (χ2n) is 7.51. The van der Waals surface area contributed by atoms with Crippen LogP contribution in [0.5, 0.6) is 5.75 Å². The third-order valence-corrected chi connectivity index (χ3v) is 5.80. The molecule has 0 aliphatic carbocycles. The van der Waals surface area contributed by atoms with Gasteiger partial charge in [-0.25, -0.2) is 0 Å². The zero-order chi connectivity index (χ0) is 20.8. The van der Waals surface area contributed by atoms with Gasteiger partial charge >= 0.3 is 0 Å².